The predicted molar refractivity (Wildman–Crippen MR) is 50.4 cm³/mol. The Kier molecular flexibility index (Phi) is 2.91. The highest BCUT2D eigenvalue weighted by Crippen LogP contribution is 2.22. The highest BCUT2D eigenvalue weighted by Gasteiger charge is 2.19. The van der Waals surface area contributed by atoms with Gasteiger partial charge in [0.25, 0.3) is 0 Å². The lowest BCUT2D eigenvalue weighted by Gasteiger charge is -2.15. The molecule has 1 aromatic heterocycles. The molecule has 1 heterocycles. The van der Waals surface area contributed by atoms with Crippen LogP contribution in [-0.2, 0) is 0 Å². The van der Waals surface area contributed by atoms with Crippen LogP contribution in [0.4, 0.5) is 0 Å². The standard InChI is InChI=1S/C8H11ClN4/c1-5-11-7(8(9)12-5)6(4-10)13(2)3/h6H,1-3H3,(H,11,12). The molecule has 0 aliphatic rings. The maximum absolute atomic E-state index is 8.89. The lowest BCUT2D eigenvalue weighted by atomic mass is 10.2. The number of aryl methyl sites for hydroxylation is 1. The lowest BCUT2D eigenvalue weighted by Crippen LogP contribution is -2.18. The molecular weight excluding hydrogens is 188 g/mol. The summed E-state index contributed by atoms with van der Waals surface area (Å²) < 4.78 is 0. The monoisotopic (exact) mass is 198 g/mol. The van der Waals surface area contributed by atoms with Gasteiger partial charge in [-0.25, -0.2) is 4.98 Å². The Hall–Kier alpha value is -1.05. The largest absolute Gasteiger partial charge is 0.343 e. The quantitative estimate of drug-likeness (QED) is 0.784. The maximum atomic E-state index is 8.89. The number of hydrogen-bond acceptors (Lipinski definition) is 3. The molecule has 0 spiro atoms. The highest BCUT2D eigenvalue weighted by atomic mass is 35.5. The Bertz CT molecular complexity index is 336. The molecule has 0 amide bonds. The highest BCUT2D eigenvalue weighted by molar-refractivity contribution is 6.30. The van der Waals surface area contributed by atoms with E-state index in [1.165, 1.54) is 0 Å². The molecule has 1 atom stereocenters. The van der Waals surface area contributed by atoms with Crippen molar-refractivity contribution in [1.29, 1.82) is 5.26 Å². The van der Waals surface area contributed by atoms with Gasteiger partial charge in [0.2, 0.25) is 0 Å². The summed E-state index contributed by atoms with van der Waals surface area (Å²) in [6.07, 6.45) is 0. The number of halogens is 1. The molecule has 0 radical (unpaired) electrons. The second-order valence-corrected chi connectivity index (χ2v) is 3.38. The van der Waals surface area contributed by atoms with Gasteiger partial charge in [0.1, 0.15) is 11.9 Å². The van der Waals surface area contributed by atoms with Gasteiger partial charge in [0, 0.05) is 0 Å². The fraction of sp³-hybridized carbons (Fsp3) is 0.500. The number of hydrogen-bond donors (Lipinski definition) is 1. The number of aromatic amines is 1. The molecule has 0 aliphatic carbocycles. The summed E-state index contributed by atoms with van der Waals surface area (Å²) >= 11 is 5.84. The van der Waals surface area contributed by atoms with Crippen LogP contribution in [0, 0.1) is 18.3 Å². The number of H-pyrrole nitrogens is 1. The Morgan fingerprint density at radius 2 is 2.23 bits per heavy atom. The van der Waals surface area contributed by atoms with Crippen molar-refractivity contribution in [3.05, 3.63) is 16.7 Å². The Balaban J connectivity index is 3.06. The number of imidazole rings is 1. The number of nitrogens with zero attached hydrogens (tertiary/aromatic N) is 3. The van der Waals surface area contributed by atoms with E-state index in [1.807, 2.05) is 14.1 Å². The first-order valence-electron chi connectivity index (χ1n) is 3.84. The van der Waals surface area contributed by atoms with Gasteiger partial charge >= 0.3 is 0 Å². The second kappa shape index (κ2) is 3.77. The van der Waals surface area contributed by atoms with E-state index in [9.17, 15) is 0 Å². The van der Waals surface area contributed by atoms with Crippen molar-refractivity contribution in [3.63, 3.8) is 0 Å². The number of nitrogens with one attached hydrogen (secondary N) is 1. The third-order valence-electron chi connectivity index (χ3n) is 1.72. The van der Waals surface area contributed by atoms with Crippen molar-refractivity contribution in [1.82, 2.24) is 14.9 Å². The molecule has 0 aliphatic heterocycles. The zero-order valence-electron chi connectivity index (χ0n) is 7.80. The minimum Gasteiger partial charge on any atom is -0.343 e. The summed E-state index contributed by atoms with van der Waals surface area (Å²) in [6.45, 7) is 1.81. The van der Waals surface area contributed by atoms with Crippen LogP contribution < -0.4 is 0 Å². The zero-order valence-corrected chi connectivity index (χ0v) is 8.55. The van der Waals surface area contributed by atoms with Crippen molar-refractivity contribution >= 4 is 11.6 Å². The molecule has 0 saturated heterocycles. The molecule has 1 unspecified atom stereocenters. The summed E-state index contributed by atoms with van der Waals surface area (Å²) in [7, 11) is 3.64. The average Bonchev–Trinajstić information content (AvgIpc) is 2.31. The Morgan fingerprint density at radius 1 is 1.62 bits per heavy atom. The minimum absolute atomic E-state index is 0.367. The zero-order chi connectivity index (χ0) is 10.0. The van der Waals surface area contributed by atoms with Crippen LogP contribution in [0.3, 0.4) is 0 Å². The average molecular weight is 199 g/mol. The smallest absolute Gasteiger partial charge is 0.153 e. The molecule has 1 aromatic rings. The number of aromatic nitrogens is 2. The summed E-state index contributed by atoms with van der Waals surface area (Å²) in [5, 5.41) is 9.26. The molecule has 4 nitrogen and oxygen atoms in total. The van der Waals surface area contributed by atoms with Crippen LogP contribution in [0.5, 0.6) is 0 Å². The van der Waals surface area contributed by atoms with E-state index in [4.69, 9.17) is 16.9 Å². The van der Waals surface area contributed by atoms with Crippen LogP contribution in [-0.4, -0.2) is 29.0 Å². The van der Waals surface area contributed by atoms with Gasteiger partial charge in [-0.05, 0) is 21.0 Å². The van der Waals surface area contributed by atoms with Crippen LogP contribution in [0.2, 0.25) is 5.15 Å². The molecule has 1 rings (SSSR count). The first-order chi connectivity index (χ1) is 6.06. The predicted octanol–water partition coefficient (Wildman–Crippen LogP) is 1.50. The van der Waals surface area contributed by atoms with Gasteiger partial charge in [0.05, 0.1) is 11.8 Å². The van der Waals surface area contributed by atoms with Crippen LogP contribution in [0.1, 0.15) is 17.6 Å². The second-order valence-electron chi connectivity index (χ2n) is 3.02. The van der Waals surface area contributed by atoms with E-state index < -0.39 is 0 Å². The maximum Gasteiger partial charge on any atom is 0.153 e. The van der Waals surface area contributed by atoms with Crippen molar-refractivity contribution in [2.75, 3.05) is 14.1 Å². The van der Waals surface area contributed by atoms with Gasteiger partial charge in [-0.1, -0.05) is 11.6 Å². The molecule has 0 fully saturated rings. The lowest BCUT2D eigenvalue weighted by molar-refractivity contribution is 0.353. The van der Waals surface area contributed by atoms with Gasteiger partial charge in [-0.15, -0.1) is 0 Å². The minimum atomic E-state index is -0.367. The third-order valence-corrected chi connectivity index (χ3v) is 2.00. The van der Waals surface area contributed by atoms with Gasteiger partial charge in [-0.3, -0.25) is 4.90 Å². The fourth-order valence-electron chi connectivity index (χ4n) is 1.10. The third kappa shape index (κ3) is 2.00. The molecule has 5 heteroatoms. The van der Waals surface area contributed by atoms with Crippen LogP contribution in [0.25, 0.3) is 0 Å². The molecule has 0 aromatic carbocycles. The van der Waals surface area contributed by atoms with Gasteiger partial charge in [-0.2, -0.15) is 5.26 Å². The Morgan fingerprint density at radius 3 is 2.54 bits per heavy atom. The summed E-state index contributed by atoms with van der Waals surface area (Å²) in [5.41, 5.74) is 0.659. The van der Waals surface area contributed by atoms with E-state index in [0.29, 0.717) is 10.8 Å². The molecule has 1 N–H and O–H groups in total. The van der Waals surface area contributed by atoms with E-state index in [-0.39, 0.29) is 6.04 Å². The van der Waals surface area contributed by atoms with E-state index in [0.717, 1.165) is 5.82 Å². The summed E-state index contributed by atoms with van der Waals surface area (Å²) in [6, 6.07) is 1.78. The van der Waals surface area contributed by atoms with E-state index >= 15 is 0 Å². The molecule has 0 saturated carbocycles. The summed E-state index contributed by atoms with van der Waals surface area (Å²) in [5.74, 6) is 0.724. The van der Waals surface area contributed by atoms with Gasteiger partial charge in [0.15, 0.2) is 5.15 Å². The van der Waals surface area contributed by atoms with Crippen LogP contribution in [0.15, 0.2) is 0 Å². The van der Waals surface area contributed by atoms with Crippen molar-refractivity contribution in [2.45, 2.75) is 13.0 Å². The van der Waals surface area contributed by atoms with E-state index in [1.54, 1.807) is 11.8 Å². The SMILES string of the molecule is Cc1nc(Cl)c(C(C#N)N(C)C)[nH]1. The van der Waals surface area contributed by atoms with E-state index in [2.05, 4.69) is 16.0 Å². The van der Waals surface area contributed by atoms with Crippen molar-refractivity contribution < 1.29 is 0 Å². The Labute approximate surface area is 82.1 Å². The first kappa shape index (κ1) is 10.0. The molecule has 13 heavy (non-hydrogen) atoms. The fourth-order valence-corrected chi connectivity index (χ4v) is 1.38. The van der Waals surface area contributed by atoms with Crippen LogP contribution >= 0.6 is 11.6 Å². The first-order valence-corrected chi connectivity index (χ1v) is 4.22. The number of rotatable bonds is 2. The normalized spacial score (nSPS) is 12.9. The summed E-state index contributed by atoms with van der Waals surface area (Å²) in [4.78, 5) is 8.74. The van der Waals surface area contributed by atoms with Gasteiger partial charge < -0.3 is 4.98 Å². The molecule has 70 valence electrons. The van der Waals surface area contributed by atoms with Crippen molar-refractivity contribution in [3.8, 4) is 6.07 Å². The number of nitriles is 1. The topological polar surface area (TPSA) is 55.7 Å². The molecule has 0 bridgehead atoms. The molecular formula is C8H11ClN4. The van der Waals surface area contributed by atoms with Crippen molar-refractivity contribution in [2.24, 2.45) is 0 Å².